The van der Waals surface area contributed by atoms with E-state index in [2.05, 4.69) is 10.1 Å². The van der Waals surface area contributed by atoms with Gasteiger partial charge in [-0.05, 0) is 24.6 Å². The number of benzene rings is 1. The second-order valence-electron chi connectivity index (χ2n) is 6.32. The number of fused-ring (bicyclic) bond motifs is 2. The van der Waals surface area contributed by atoms with E-state index in [-0.39, 0.29) is 11.5 Å². The van der Waals surface area contributed by atoms with Gasteiger partial charge in [0.05, 0.1) is 30.8 Å². The second-order valence-corrected chi connectivity index (χ2v) is 6.32. The molecule has 0 aliphatic carbocycles. The van der Waals surface area contributed by atoms with Crippen molar-refractivity contribution in [1.29, 1.82) is 0 Å². The molecule has 3 aromatic rings. The van der Waals surface area contributed by atoms with Gasteiger partial charge in [-0.25, -0.2) is 9.50 Å². The van der Waals surface area contributed by atoms with Gasteiger partial charge in [0, 0.05) is 25.2 Å². The largest absolute Gasteiger partial charge is 0.494 e. The summed E-state index contributed by atoms with van der Waals surface area (Å²) in [5.41, 5.74) is 2.80. The van der Waals surface area contributed by atoms with Gasteiger partial charge in [0.1, 0.15) is 5.75 Å². The molecule has 0 saturated heterocycles. The summed E-state index contributed by atoms with van der Waals surface area (Å²) in [4.78, 5) is 31.5. The Morgan fingerprint density at radius 2 is 2.08 bits per heavy atom. The zero-order valence-electron chi connectivity index (χ0n) is 14.6. The van der Waals surface area contributed by atoms with Gasteiger partial charge in [-0.2, -0.15) is 0 Å². The summed E-state index contributed by atoms with van der Waals surface area (Å²) in [6.07, 6.45) is 2.59. The summed E-state index contributed by atoms with van der Waals surface area (Å²) in [7, 11) is 0. The Morgan fingerprint density at radius 3 is 2.85 bits per heavy atom. The summed E-state index contributed by atoms with van der Waals surface area (Å²) < 4.78 is 6.84. The molecule has 7 heteroatoms. The van der Waals surface area contributed by atoms with E-state index in [0.717, 1.165) is 17.0 Å². The number of hydrogen-bond donors (Lipinski definition) is 1. The van der Waals surface area contributed by atoms with Crippen molar-refractivity contribution >= 4 is 11.6 Å². The van der Waals surface area contributed by atoms with E-state index in [4.69, 9.17) is 4.74 Å². The molecule has 0 fully saturated rings. The van der Waals surface area contributed by atoms with Crippen LogP contribution in [0.4, 0.5) is 0 Å². The average Bonchev–Trinajstić information content (AvgIpc) is 3.12. The van der Waals surface area contributed by atoms with Gasteiger partial charge in [0.25, 0.3) is 5.56 Å². The first kappa shape index (κ1) is 16.4. The second kappa shape index (κ2) is 6.67. The quantitative estimate of drug-likeness (QED) is 0.773. The van der Waals surface area contributed by atoms with Crippen molar-refractivity contribution in [2.24, 2.45) is 0 Å². The van der Waals surface area contributed by atoms with Gasteiger partial charge in [0.2, 0.25) is 5.91 Å². The minimum Gasteiger partial charge on any atom is -0.494 e. The van der Waals surface area contributed by atoms with Crippen LogP contribution >= 0.6 is 0 Å². The summed E-state index contributed by atoms with van der Waals surface area (Å²) in [6, 6.07) is 9.32. The van der Waals surface area contributed by atoms with Crippen molar-refractivity contribution in [2.45, 2.75) is 26.3 Å². The van der Waals surface area contributed by atoms with Gasteiger partial charge in [-0.3, -0.25) is 14.7 Å². The first-order valence-corrected chi connectivity index (χ1v) is 8.73. The Bertz CT molecular complexity index is 1000. The van der Waals surface area contributed by atoms with Crippen molar-refractivity contribution in [3.05, 3.63) is 63.7 Å². The van der Waals surface area contributed by atoms with Crippen molar-refractivity contribution in [2.75, 3.05) is 13.2 Å². The Balaban J connectivity index is 1.51. The van der Waals surface area contributed by atoms with Crippen LogP contribution < -0.4 is 10.3 Å². The number of aromatic nitrogens is 3. The van der Waals surface area contributed by atoms with E-state index >= 15 is 0 Å². The topological polar surface area (TPSA) is 79.7 Å². The van der Waals surface area contributed by atoms with E-state index in [1.165, 1.54) is 4.52 Å². The maximum Gasteiger partial charge on any atom is 0.277 e. The summed E-state index contributed by atoms with van der Waals surface area (Å²) >= 11 is 0. The maximum atomic E-state index is 12.7. The molecule has 26 heavy (non-hydrogen) atoms. The van der Waals surface area contributed by atoms with Crippen LogP contribution in [0.3, 0.4) is 0 Å². The molecule has 0 atom stereocenters. The van der Waals surface area contributed by atoms with Gasteiger partial charge < -0.3 is 9.64 Å². The molecule has 0 bridgehead atoms. The van der Waals surface area contributed by atoms with E-state index in [9.17, 15) is 9.59 Å². The molecule has 0 spiro atoms. The van der Waals surface area contributed by atoms with Crippen LogP contribution in [0.1, 0.15) is 23.7 Å². The first-order valence-electron chi connectivity index (χ1n) is 8.73. The first-order chi connectivity index (χ1) is 12.7. The van der Waals surface area contributed by atoms with Crippen LogP contribution in [0.15, 0.2) is 41.3 Å². The van der Waals surface area contributed by atoms with Crippen LogP contribution in [-0.4, -0.2) is 38.6 Å². The third kappa shape index (κ3) is 2.96. The minimum absolute atomic E-state index is 0.00999. The van der Waals surface area contributed by atoms with Gasteiger partial charge in [-0.15, -0.1) is 0 Å². The number of nitrogens with one attached hydrogen (secondary N) is 1. The lowest BCUT2D eigenvalue weighted by Crippen LogP contribution is -2.40. The van der Waals surface area contributed by atoms with E-state index in [1.54, 1.807) is 17.2 Å². The lowest BCUT2D eigenvalue weighted by Gasteiger charge is -2.27. The molecule has 0 unspecified atom stereocenters. The molecule has 1 N–H and O–H groups in total. The molecule has 1 aromatic carbocycles. The fraction of sp³-hybridized carbons (Fsp3) is 0.316. The van der Waals surface area contributed by atoms with Crippen molar-refractivity contribution in [3.63, 3.8) is 0 Å². The van der Waals surface area contributed by atoms with Crippen LogP contribution in [0.5, 0.6) is 5.75 Å². The van der Waals surface area contributed by atoms with E-state index < -0.39 is 0 Å². The third-order valence-corrected chi connectivity index (χ3v) is 4.63. The van der Waals surface area contributed by atoms with Crippen LogP contribution in [0.25, 0.3) is 5.65 Å². The van der Waals surface area contributed by atoms with E-state index in [0.29, 0.717) is 43.7 Å². The molecule has 1 amide bonds. The molecule has 1 aliphatic heterocycles. The van der Waals surface area contributed by atoms with Crippen LogP contribution in [-0.2, 0) is 24.2 Å². The van der Waals surface area contributed by atoms with Gasteiger partial charge >= 0.3 is 0 Å². The fourth-order valence-corrected chi connectivity index (χ4v) is 3.29. The lowest BCUT2D eigenvalue weighted by atomic mass is 10.1. The summed E-state index contributed by atoms with van der Waals surface area (Å²) in [6.45, 7) is 3.43. The molecule has 7 nitrogen and oxygen atoms in total. The molecule has 0 saturated carbocycles. The number of amides is 1. The molecular formula is C19H20N4O3. The molecule has 2 aromatic heterocycles. The number of H-pyrrole nitrogens is 1. The standard InChI is InChI=1S/C19H20N4O3/c1-2-26-14-5-3-13(4-6-14)11-18(24)22-10-8-16-15(12-22)19(25)23-17(21-16)7-9-20-23/h3-7,9,20H,2,8,10-12H2,1H3. The zero-order chi connectivity index (χ0) is 18.1. The smallest absolute Gasteiger partial charge is 0.277 e. The highest BCUT2D eigenvalue weighted by molar-refractivity contribution is 5.79. The molecule has 134 valence electrons. The lowest BCUT2D eigenvalue weighted by molar-refractivity contribution is -0.131. The Labute approximate surface area is 150 Å². The summed E-state index contributed by atoms with van der Waals surface area (Å²) in [5, 5.41) is 2.86. The normalized spacial score (nSPS) is 13.7. The predicted octanol–water partition coefficient (Wildman–Crippen LogP) is 1.55. The van der Waals surface area contributed by atoms with Crippen LogP contribution in [0.2, 0.25) is 0 Å². The highest BCUT2D eigenvalue weighted by Crippen LogP contribution is 2.17. The van der Waals surface area contributed by atoms with E-state index in [1.807, 2.05) is 31.2 Å². The Hall–Kier alpha value is -3.09. The van der Waals surface area contributed by atoms with Crippen molar-refractivity contribution < 1.29 is 9.53 Å². The molecule has 3 heterocycles. The third-order valence-electron chi connectivity index (χ3n) is 4.63. The number of ether oxygens (including phenoxy) is 1. The minimum atomic E-state index is -0.131. The van der Waals surface area contributed by atoms with Crippen LogP contribution in [0, 0.1) is 0 Å². The van der Waals surface area contributed by atoms with Gasteiger partial charge in [-0.1, -0.05) is 12.1 Å². The zero-order valence-corrected chi connectivity index (χ0v) is 14.6. The number of aromatic amines is 1. The highest BCUT2D eigenvalue weighted by atomic mass is 16.5. The highest BCUT2D eigenvalue weighted by Gasteiger charge is 2.25. The fourth-order valence-electron chi connectivity index (χ4n) is 3.29. The number of nitrogens with zero attached hydrogens (tertiary/aromatic N) is 3. The summed E-state index contributed by atoms with van der Waals surface area (Å²) in [5.74, 6) is 0.806. The molecule has 0 radical (unpaired) electrons. The molecular weight excluding hydrogens is 332 g/mol. The molecule has 1 aliphatic rings. The Kier molecular flexibility index (Phi) is 4.20. The SMILES string of the molecule is CCOc1ccc(CC(=O)N2CCc3nc4cc[nH]n4c(=O)c3C2)cc1. The predicted molar refractivity (Wildman–Crippen MR) is 96.2 cm³/mol. The number of rotatable bonds is 4. The molecule has 4 rings (SSSR count). The van der Waals surface area contributed by atoms with Gasteiger partial charge in [0.15, 0.2) is 5.65 Å². The van der Waals surface area contributed by atoms with Crippen molar-refractivity contribution in [1.82, 2.24) is 19.5 Å². The number of carbonyl (C=O) groups excluding carboxylic acids is 1. The Morgan fingerprint density at radius 1 is 1.27 bits per heavy atom. The average molecular weight is 352 g/mol. The monoisotopic (exact) mass is 352 g/mol. The number of hydrogen-bond acceptors (Lipinski definition) is 4. The maximum absolute atomic E-state index is 12.7. The van der Waals surface area contributed by atoms with Crippen molar-refractivity contribution in [3.8, 4) is 5.75 Å². The number of carbonyl (C=O) groups is 1.